The standard InChI is InChI=1S/C17H17F2NO2S.C3H9NO/c18-13-7-10-16(17(19)11-13)12-5-8-15(9-6-12)23(21,22)20-14-3-1-2-4-14;1-4-2-3-5/h5-11,14,20H,1-4H2;4-5H,2-3H2,1H3. The molecule has 0 saturated heterocycles. The van der Waals surface area contributed by atoms with Crippen LogP contribution in [-0.2, 0) is 10.0 Å². The highest BCUT2D eigenvalue weighted by Crippen LogP contribution is 2.25. The molecule has 0 unspecified atom stereocenters. The maximum Gasteiger partial charge on any atom is 0.240 e. The van der Waals surface area contributed by atoms with Crippen LogP contribution in [0.25, 0.3) is 11.1 Å². The lowest BCUT2D eigenvalue weighted by Crippen LogP contribution is -2.32. The molecule has 0 spiro atoms. The summed E-state index contributed by atoms with van der Waals surface area (Å²) in [7, 11) is -1.76. The van der Waals surface area contributed by atoms with Crippen LogP contribution in [0.15, 0.2) is 47.4 Å². The summed E-state index contributed by atoms with van der Waals surface area (Å²) in [6.45, 7) is 0.927. The highest BCUT2D eigenvalue weighted by Gasteiger charge is 2.22. The van der Waals surface area contributed by atoms with E-state index in [4.69, 9.17) is 5.11 Å². The smallest absolute Gasteiger partial charge is 0.240 e. The second kappa shape index (κ2) is 10.6. The van der Waals surface area contributed by atoms with Crippen molar-refractivity contribution in [3.8, 4) is 11.1 Å². The zero-order valence-electron chi connectivity index (χ0n) is 15.8. The Morgan fingerprint density at radius 2 is 1.71 bits per heavy atom. The summed E-state index contributed by atoms with van der Waals surface area (Å²) in [6, 6.07) is 9.25. The van der Waals surface area contributed by atoms with E-state index in [1.807, 2.05) is 0 Å². The van der Waals surface area contributed by atoms with Crippen LogP contribution in [0.2, 0.25) is 0 Å². The normalized spacial score (nSPS) is 14.6. The Kier molecular flexibility index (Phi) is 8.50. The molecule has 0 aromatic heterocycles. The number of nitrogens with one attached hydrogen (secondary N) is 2. The average Bonchev–Trinajstić information content (AvgIpc) is 3.15. The molecule has 0 amide bonds. The Labute approximate surface area is 164 Å². The highest BCUT2D eigenvalue weighted by atomic mass is 32.2. The first kappa shape index (κ1) is 22.4. The first-order chi connectivity index (χ1) is 13.4. The van der Waals surface area contributed by atoms with Crippen LogP contribution in [0.5, 0.6) is 0 Å². The highest BCUT2D eigenvalue weighted by molar-refractivity contribution is 7.89. The number of hydrogen-bond donors (Lipinski definition) is 3. The van der Waals surface area contributed by atoms with Crippen molar-refractivity contribution in [3.63, 3.8) is 0 Å². The van der Waals surface area contributed by atoms with Gasteiger partial charge in [0.1, 0.15) is 11.6 Å². The molecule has 2 aromatic carbocycles. The second-order valence-corrected chi connectivity index (χ2v) is 8.29. The molecule has 8 heteroatoms. The van der Waals surface area contributed by atoms with Crippen molar-refractivity contribution in [1.82, 2.24) is 10.0 Å². The van der Waals surface area contributed by atoms with Crippen molar-refractivity contribution in [3.05, 3.63) is 54.1 Å². The third-order valence-corrected chi connectivity index (χ3v) is 5.98. The van der Waals surface area contributed by atoms with Gasteiger partial charge in [-0.25, -0.2) is 21.9 Å². The molecule has 0 radical (unpaired) electrons. The molecule has 154 valence electrons. The summed E-state index contributed by atoms with van der Waals surface area (Å²) in [5.41, 5.74) is 0.737. The minimum absolute atomic E-state index is 0.00535. The van der Waals surface area contributed by atoms with E-state index in [0.717, 1.165) is 31.7 Å². The van der Waals surface area contributed by atoms with Crippen molar-refractivity contribution in [2.24, 2.45) is 0 Å². The molecule has 1 saturated carbocycles. The molecular weight excluding hydrogens is 386 g/mol. The number of sulfonamides is 1. The summed E-state index contributed by atoms with van der Waals surface area (Å²) in [4.78, 5) is 0.149. The number of benzene rings is 2. The van der Waals surface area contributed by atoms with Gasteiger partial charge in [-0.2, -0.15) is 0 Å². The number of hydrogen-bond acceptors (Lipinski definition) is 4. The van der Waals surface area contributed by atoms with Crippen LogP contribution in [0.1, 0.15) is 25.7 Å². The molecule has 3 N–H and O–H groups in total. The fourth-order valence-electron chi connectivity index (χ4n) is 2.98. The minimum Gasteiger partial charge on any atom is -0.395 e. The number of likely N-dealkylation sites (N-methyl/N-ethyl adjacent to an activating group) is 1. The number of aliphatic hydroxyl groups excluding tert-OH is 1. The molecule has 0 heterocycles. The summed E-state index contributed by atoms with van der Waals surface area (Å²) >= 11 is 0. The largest absolute Gasteiger partial charge is 0.395 e. The Hall–Kier alpha value is -1.87. The Morgan fingerprint density at radius 3 is 2.21 bits per heavy atom. The van der Waals surface area contributed by atoms with Crippen LogP contribution >= 0.6 is 0 Å². The predicted molar refractivity (Wildman–Crippen MR) is 105 cm³/mol. The van der Waals surface area contributed by atoms with Crippen LogP contribution in [0.3, 0.4) is 0 Å². The maximum absolute atomic E-state index is 13.8. The third kappa shape index (κ3) is 6.34. The van der Waals surface area contributed by atoms with Gasteiger partial charge in [-0.15, -0.1) is 0 Å². The van der Waals surface area contributed by atoms with Crippen LogP contribution < -0.4 is 10.0 Å². The number of aliphatic hydroxyl groups is 1. The molecule has 28 heavy (non-hydrogen) atoms. The van der Waals surface area contributed by atoms with Crippen LogP contribution in [0, 0.1) is 11.6 Å². The lowest BCUT2D eigenvalue weighted by atomic mass is 10.1. The van der Waals surface area contributed by atoms with Gasteiger partial charge in [0.05, 0.1) is 11.5 Å². The monoisotopic (exact) mass is 412 g/mol. The van der Waals surface area contributed by atoms with Gasteiger partial charge in [0.15, 0.2) is 0 Å². The van der Waals surface area contributed by atoms with Gasteiger partial charge < -0.3 is 10.4 Å². The van der Waals surface area contributed by atoms with E-state index in [9.17, 15) is 17.2 Å². The van der Waals surface area contributed by atoms with Gasteiger partial charge in [-0.1, -0.05) is 25.0 Å². The van der Waals surface area contributed by atoms with E-state index >= 15 is 0 Å². The molecule has 1 aliphatic carbocycles. The molecule has 1 aliphatic rings. The van der Waals surface area contributed by atoms with Gasteiger partial charge in [-0.3, -0.25) is 0 Å². The van der Waals surface area contributed by atoms with Gasteiger partial charge >= 0.3 is 0 Å². The summed E-state index contributed by atoms with van der Waals surface area (Å²) < 4.78 is 54.0. The van der Waals surface area contributed by atoms with Crippen molar-refractivity contribution in [1.29, 1.82) is 0 Å². The van der Waals surface area contributed by atoms with Crippen molar-refractivity contribution >= 4 is 10.0 Å². The SMILES string of the molecule is CNCCO.O=S(=O)(NC1CCCC1)c1ccc(-c2ccc(F)cc2F)cc1. The van der Waals surface area contributed by atoms with Gasteiger partial charge in [0, 0.05) is 24.2 Å². The van der Waals surface area contributed by atoms with Gasteiger partial charge in [0.25, 0.3) is 0 Å². The quantitative estimate of drug-likeness (QED) is 0.682. The fraction of sp³-hybridized carbons (Fsp3) is 0.400. The minimum atomic E-state index is -3.56. The first-order valence-electron chi connectivity index (χ1n) is 9.20. The predicted octanol–water partition coefficient (Wildman–Crippen LogP) is 3.05. The average molecular weight is 413 g/mol. The summed E-state index contributed by atoms with van der Waals surface area (Å²) in [5.74, 6) is -1.32. The molecule has 3 rings (SSSR count). The first-order valence-corrected chi connectivity index (χ1v) is 10.7. The Bertz CT molecular complexity index is 850. The molecule has 2 aromatic rings. The lowest BCUT2D eigenvalue weighted by Gasteiger charge is -2.13. The molecule has 5 nitrogen and oxygen atoms in total. The van der Waals surface area contributed by atoms with Gasteiger partial charge in [0.2, 0.25) is 10.0 Å². The van der Waals surface area contributed by atoms with Crippen molar-refractivity contribution in [2.75, 3.05) is 20.2 Å². The van der Waals surface area contributed by atoms with E-state index < -0.39 is 21.7 Å². The molecule has 0 bridgehead atoms. The Morgan fingerprint density at radius 1 is 1.07 bits per heavy atom. The van der Waals surface area contributed by atoms with E-state index in [-0.39, 0.29) is 23.1 Å². The van der Waals surface area contributed by atoms with Gasteiger partial charge in [-0.05, 0) is 49.7 Å². The Balaban J connectivity index is 0.000000500. The fourth-order valence-corrected chi connectivity index (χ4v) is 4.29. The van der Waals surface area contributed by atoms with E-state index in [0.29, 0.717) is 12.1 Å². The molecular formula is C20H26F2N2O3S. The van der Waals surface area contributed by atoms with Crippen molar-refractivity contribution in [2.45, 2.75) is 36.6 Å². The zero-order chi connectivity index (χ0) is 20.6. The summed E-state index contributed by atoms with van der Waals surface area (Å²) in [5, 5.41) is 10.8. The van der Waals surface area contributed by atoms with Crippen molar-refractivity contribution < 1.29 is 22.3 Å². The lowest BCUT2D eigenvalue weighted by molar-refractivity contribution is 0.296. The third-order valence-electron chi connectivity index (χ3n) is 4.45. The maximum atomic E-state index is 13.8. The van der Waals surface area contributed by atoms with E-state index in [1.165, 1.54) is 36.4 Å². The number of halogens is 2. The second-order valence-electron chi connectivity index (χ2n) is 6.58. The van der Waals surface area contributed by atoms with E-state index in [2.05, 4.69) is 10.0 Å². The molecule has 1 fully saturated rings. The molecule has 0 atom stereocenters. The van der Waals surface area contributed by atoms with Crippen LogP contribution in [-0.4, -0.2) is 39.8 Å². The summed E-state index contributed by atoms with van der Waals surface area (Å²) in [6.07, 6.45) is 3.79. The van der Waals surface area contributed by atoms with E-state index in [1.54, 1.807) is 7.05 Å². The van der Waals surface area contributed by atoms with Crippen LogP contribution in [0.4, 0.5) is 8.78 Å². The zero-order valence-corrected chi connectivity index (χ0v) is 16.6. The topological polar surface area (TPSA) is 78.4 Å². The number of rotatable bonds is 6. The molecule has 0 aliphatic heterocycles.